The monoisotopic (exact) mass is 296 g/mol. The highest BCUT2D eigenvalue weighted by Gasteiger charge is 2.14. The molecule has 20 heavy (non-hydrogen) atoms. The van der Waals surface area contributed by atoms with Gasteiger partial charge in [-0.1, -0.05) is 17.7 Å². The van der Waals surface area contributed by atoms with Crippen molar-refractivity contribution in [3.63, 3.8) is 0 Å². The first-order valence-electron chi connectivity index (χ1n) is 6.14. The van der Waals surface area contributed by atoms with Gasteiger partial charge in [-0.05, 0) is 31.2 Å². The molecule has 0 aliphatic heterocycles. The molecular weight excluding hydrogens is 280 g/mol. The average Bonchev–Trinajstić information content (AvgIpc) is 2.92. The molecule has 0 saturated carbocycles. The molecular formula is C14H16O5S. The molecule has 108 valence electrons. The second-order valence-electron chi connectivity index (χ2n) is 4.22. The molecule has 2 aromatic rings. The lowest BCUT2D eigenvalue weighted by Gasteiger charge is -2.06. The van der Waals surface area contributed by atoms with E-state index in [-0.39, 0.29) is 18.1 Å². The average molecular weight is 296 g/mol. The van der Waals surface area contributed by atoms with Crippen LogP contribution in [0.5, 0.6) is 0 Å². The SMILES string of the molecule is Cc1ccc(S(=O)(=O)OCCOCc2ccco2)cc1. The summed E-state index contributed by atoms with van der Waals surface area (Å²) in [6.45, 7) is 2.32. The van der Waals surface area contributed by atoms with E-state index < -0.39 is 10.1 Å². The first kappa shape index (κ1) is 14.8. The first-order chi connectivity index (χ1) is 9.58. The van der Waals surface area contributed by atoms with E-state index in [9.17, 15) is 8.42 Å². The van der Waals surface area contributed by atoms with Crippen LogP contribution in [-0.2, 0) is 25.6 Å². The molecule has 5 nitrogen and oxygen atoms in total. The van der Waals surface area contributed by atoms with E-state index in [2.05, 4.69) is 0 Å². The Morgan fingerprint density at radius 1 is 1.10 bits per heavy atom. The van der Waals surface area contributed by atoms with E-state index in [1.54, 1.807) is 30.5 Å². The Labute approximate surface area is 118 Å². The van der Waals surface area contributed by atoms with E-state index in [1.807, 2.05) is 6.92 Å². The fourth-order valence-corrected chi connectivity index (χ4v) is 2.44. The fraction of sp³-hybridized carbons (Fsp3) is 0.286. The van der Waals surface area contributed by atoms with Crippen molar-refractivity contribution >= 4 is 10.1 Å². The van der Waals surface area contributed by atoms with Crippen LogP contribution in [0.4, 0.5) is 0 Å². The van der Waals surface area contributed by atoms with Crippen molar-refractivity contribution in [3.8, 4) is 0 Å². The van der Waals surface area contributed by atoms with Crippen molar-refractivity contribution in [2.75, 3.05) is 13.2 Å². The van der Waals surface area contributed by atoms with Crippen molar-refractivity contribution in [1.29, 1.82) is 0 Å². The molecule has 1 aromatic heterocycles. The molecule has 0 aliphatic rings. The largest absolute Gasteiger partial charge is 0.467 e. The fourth-order valence-electron chi connectivity index (χ4n) is 1.54. The maximum Gasteiger partial charge on any atom is 0.297 e. The van der Waals surface area contributed by atoms with Crippen LogP contribution >= 0.6 is 0 Å². The van der Waals surface area contributed by atoms with Gasteiger partial charge in [0.05, 0.1) is 24.4 Å². The highest BCUT2D eigenvalue weighted by atomic mass is 32.2. The van der Waals surface area contributed by atoms with Crippen LogP contribution in [0.3, 0.4) is 0 Å². The maximum absolute atomic E-state index is 11.8. The summed E-state index contributed by atoms with van der Waals surface area (Å²) >= 11 is 0. The summed E-state index contributed by atoms with van der Waals surface area (Å²) in [6.07, 6.45) is 1.55. The zero-order chi connectivity index (χ0) is 14.4. The lowest BCUT2D eigenvalue weighted by molar-refractivity contribution is 0.0798. The molecule has 0 N–H and O–H groups in total. The van der Waals surface area contributed by atoms with Crippen LogP contribution in [0.15, 0.2) is 52.0 Å². The summed E-state index contributed by atoms with van der Waals surface area (Å²) in [5, 5.41) is 0. The normalized spacial score (nSPS) is 11.7. The molecule has 1 heterocycles. The molecule has 0 fully saturated rings. The predicted octanol–water partition coefficient (Wildman–Crippen LogP) is 2.51. The second-order valence-corrected chi connectivity index (χ2v) is 5.84. The Morgan fingerprint density at radius 3 is 2.50 bits per heavy atom. The molecule has 0 amide bonds. The molecule has 0 radical (unpaired) electrons. The third-order valence-corrected chi connectivity index (χ3v) is 3.93. The van der Waals surface area contributed by atoms with Gasteiger partial charge in [0.15, 0.2) is 0 Å². The molecule has 0 bridgehead atoms. The summed E-state index contributed by atoms with van der Waals surface area (Å²) in [6, 6.07) is 10.0. The lowest BCUT2D eigenvalue weighted by atomic mass is 10.2. The van der Waals surface area contributed by atoms with Crippen molar-refractivity contribution in [2.45, 2.75) is 18.4 Å². The van der Waals surface area contributed by atoms with E-state index in [4.69, 9.17) is 13.3 Å². The van der Waals surface area contributed by atoms with Crippen LogP contribution in [0.25, 0.3) is 0 Å². The van der Waals surface area contributed by atoms with Gasteiger partial charge >= 0.3 is 0 Å². The first-order valence-corrected chi connectivity index (χ1v) is 7.55. The van der Waals surface area contributed by atoms with Crippen LogP contribution in [-0.4, -0.2) is 21.6 Å². The number of hydrogen-bond donors (Lipinski definition) is 0. The topological polar surface area (TPSA) is 65.7 Å². The summed E-state index contributed by atoms with van der Waals surface area (Å²) in [5.74, 6) is 0.686. The van der Waals surface area contributed by atoms with E-state index >= 15 is 0 Å². The summed E-state index contributed by atoms with van der Waals surface area (Å²) in [5.41, 5.74) is 0.991. The number of aryl methyl sites for hydroxylation is 1. The number of furan rings is 1. The van der Waals surface area contributed by atoms with Crippen molar-refractivity contribution < 1.29 is 21.8 Å². The van der Waals surface area contributed by atoms with Gasteiger partial charge in [0.2, 0.25) is 0 Å². The minimum absolute atomic E-state index is 0.0308. The lowest BCUT2D eigenvalue weighted by Crippen LogP contribution is -2.11. The van der Waals surface area contributed by atoms with Gasteiger partial charge in [-0.25, -0.2) is 0 Å². The van der Waals surface area contributed by atoms with Crippen LogP contribution < -0.4 is 0 Å². The molecule has 0 spiro atoms. The predicted molar refractivity (Wildman–Crippen MR) is 72.7 cm³/mol. The second kappa shape index (κ2) is 6.69. The summed E-state index contributed by atoms with van der Waals surface area (Å²) < 4.78 is 38.9. The van der Waals surface area contributed by atoms with Gasteiger partial charge in [0.1, 0.15) is 12.4 Å². The number of hydrogen-bond acceptors (Lipinski definition) is 5. The molecule has 0 aliphatic carbocycles. The number of benzene rings is 1. The van der Waals surface area contributed by atoms with Gasteiger partial charge in [-0.2, -0.15) is 8.42 Å². The zero-order valence-electron chi connectivity index (χ0n) is 11.1. The van der Waals surface area contributed by atoms with E-state index in [0.717, 1.165) is 5.56 Å². The van der Waals surface area contributed by atoms with Gasteiger partial charge in [-0.15, -0.1) is 0 Å². The third kappa shape index (κ3) is 4.19. The van der Waals surface area contributed by atoms with E-state index in [1.165, 1.54) is 12.1 Å². The highest BCUT2D eigenvalue weighted by molar-refractivity contribution is 7.86. The quantitative estimate of drug-likeness (QED) is 0.580. The Bertz CT molecular complexity index is 614. The maximum atomic E-state index is 11.8. The summed E-state index contributed by atoms with van der Waals surface area (Å²) in [4.78, 5) is 0.147. The van der Waals surface area contributed by atoms with Crippen LogP contribution in [0.2, 0.25) is 0 Å². The smallest absolute Gasteiger partial charge is 0.297 e. The Hall–Kier alpha value is -1.63. The van der Waals surface area contributed by atoms with Crippen molar-refractivity contribution in [1.82, 2.24) is 0 Å². The Morgan fingerprint density at radius 2 is 1.85 bits per heavy atom. The molecule has 0 saturated heterocycles. The number of ether oxygens (including phenoxy) is 1. The Kier molecular flexibility index (Phi) is 4.94. The molecule has 1 aromatic carbocycles. The van der Waals surface area contributed by atoms with Gasteiger partial charge in [-0.3, -0.25) is 4.18 Å². The standard InChI is InChI=1S/C14H16O5S/c1-12-4-6-14(7-5-12)20(15,16)19-10-9-17-11-13-3-2-8-18-13/h2-8H,9-11H2,1H3. The van der Waals surface area contributed by atoms with Gasteiger partial charge in [0, 0.05) is 0 Å². The molecule has 0 unspecified atom stereocenters. The van der Waals surface area contributed by atoms with Crippen LogP contribution in [0, 0.1) is 6.92 Å². The highest BCUT2D eigenvalue weighted by Crippen LogP contribution is 2.13. The molecule has 2 rings (SSSR count). The molecule has 6 heteroatoms. The molecule has 0 atom stereocenters. The zero-order valence-corrected chi connectivity index (χ0v) is 11.9. The van der Waals surface area contributed by atoms with Crippen molar-refractivity contribution in [2.24, 2.45) is 0 Å². The van der Waals surface area contributed by atoms with E-state index in [0.29, 0.717) is 12.4 Å². The number of rotatable bonds is 7. The van der Waals surface area contributed by atoms with Gasteiger partial charge in [0.25, 0.3) is 10.1 Å². The van der Waals surface area contributed by atoms with Gasteiger partial charge < -0.3 is 9.15 Å². The van der Waals surface area contributed by atoms with Crippen LogP contribution in [0.1, 0.15) is 11.3 Å². The van der Waals surface area contributed by atoms with Crippen molar-refractivity contribution in [3.05, 3.63) is 54.0 Å². The Balaban J connectivity index is 1.76. The summed E-state index contributed by atoms with van der Waals surface area (Å²) in [7, 11) is -3.71. The minimum atomic E-state index is -3.71. The third-order valence-electron chi connectivity index (χ3n) is 2.60. The minimum Gasteiger partial charge on any atom is -0.467 e.